The summed E-state index contributed by atoms with van der Waals surface area (Å²) in [5.41, 5.74) is 1.34. The molecule has 1 amide bonds. The summed E-state index contributed by atoms with van der Waals surface area (Å²) >= 11 is 1.55. The Hall–Kier alpha value is -2.60. The van der Waals surface area contributed by atoms with Gasteiger partial charge in [-0.05, 0) is 36.1 Å². The van der Waals surface area contributed by atoms with Gasteiger partial charge in [0.25, 0.3) is 5.91 Å². The van der Waals surface area contributed by atoms with E-state index in [-0.39, 0.29) is 5.91 Å². The third-order valence-corrected chi connectivity index (χ3v) is 4.38. The fraction of sp³-hybridized carbons (Fsp3) is 0.222. The highest BCUT2D eigenvalue weighted by Crippen LogP contribution is 2.25. The first kappa shape index (κ1) is 16.3. The quantitative estimate of drug-likeness (QED) is 0.677. The third kappa shape index (κ3) is 3.65. The van der Waals surface area contributed by atoms with Crippen molar-refractivity contribution in [1.29, 1.82) is 0 Å². The van der Waals surface area contributed by atoms with E-state index in [9.17, 15) is 4.79 Å². The van der Waals surface area contributed by atoms with E-state index < -0.39 is 0 Å². The second-order valence-corrected chi connectivity index (χ2v) is 6.24. The van der Waals surface area contributed by atoms with Crippen molar-refractivity contribution < 1.29 is 14.1 Å². The number of ether oxygens (including phenoxy) is 1. The first-order chi connectivity index (χ1) is 11.7. The van der Waals surface area contributed by atoms with Gasteiger partial charge in [-0.3, -0.25) is 4.79 Å². The zero-order valence-corrected chi connectivity index (χ0v) is 14.4. The molecule has 0 aliphatic heterocycles. The molecule has 2 heterocycles. The van der Waals surface area contributed by atoms with Gasteiger partial charge >= 0.3 is 0 Å². The van der Waals surface area contributed by atoms with Crippen LogP contribution < -0.4 is 4.74 Å². The van der Waals surface area contributed by atoms with Gasteiger partial charge in [-0.2, -0.15) is 0 Å². The Morgan fingerprint density at radius 1 is 1.29 bits per heavy atom. The maximum absolute atomic E-state index is 12.5. The predicted molar refractivity (Wildman–Crippen MR) is 93.2 cm³/mol. The van der Waals surface area contributed by atoms with Crippen LogP contribution in [0.25, 0.3) is 10.6 Å². The van der Waals surface area contributed by atoms with Crippen molar-refractivity contribution in [3.8, 4) is 16.4 Å². The topological polar surface area (TPSA) is 55.6 Å². The van der Waals surface area contributed by atoms with Gasteiger partial charge in [-0.25, -0.2) is 0 Å². The van der Waals surface area contributed by atoms with E-state index in [0.717, 1.165) is 16.2 Å². The number of thiophene rings is 1. The van der Waals surface area contributed by atoms with Crippen LogP contribution in [0, 0.1) is 0 Å². The van der Waals surface area contributed by atoms with Gasteiger partial charge in [0.1, 0.15) is 5.75 Å². The summed E-state index contributed by atoms with van der Waals surface area (Å²) in [7, 11) is 1.75. The highest BCUT2D eigenvalue weighted by Gasteiger charge is 2.18. The summed E-state index contributed by atoms with van der Waals surface area (Å²) in [5.74, 6) is 1.27. The van der Waals surface area contributed by atoms with Crippen LogP contribution in [0.1, 0.15) is 23.0 Å². The molecule has 0 bridgehead atoms. The predicted octanol–water partition coefficient (Wildman–Crippen LogP) is 4.07. The number of carbonyl (C=O) groups excluding carboxylic acids is 1. The van der Waals surface area contributed by atoms with E-state index in [4.69, 9.17) is 9.26 Å². The molecule has 3 rings (SSSR count). The zero-order valence-electron chi connectivity index (χ0n) is 13.6. The Morgan fingerprint density at radius 2 is 2.08 bits per heavy atom. The van der Waals surface area contributed by atoms with Crippen LogP contribution in [0.15, 0.2) is 52.4 Å². The molecule has 2 aromatic heterocycles. The number of hydrogen-bond acceptors (Lipinski definition) is 5. The molecule has 0 saturated carbocycles. The van der Waals surface area contributed by atoms with Crippen LogP contribution >= 0.6 is 11.3 Å². The first-order valence-corrected chi connectivity index (χ1v) is 8.53. The Labute approximate surface area is 144 Å². The van der Waals surface area contributed by atoms with Crippen molar-refractivity contribution in [3.05, 3.63) is 59.1 Å². The molecule has 3 aromatic rings. The van der Waals surface area contributed by atoms with Gasteiger partial charge in [-0.1, -0.05) is 23.4 Å². The first-order valence-electron chi connectivity index (χ1n) is 7.65. The van der Waals surface area contributed by atoms with Crippen LogP contribution in [0.5, 0.6) is 5.75 Å². The fourth-order valence-corrected chi connectivity index (χ4v) is 2.98. The molecule has 6 heteroatoms. The second kappa shape index (κ2) is 7.31. The molecular formula is C18H18N2O3S. The number of rotatable bonds is 6. The minimum Gasteiger partial charge on any atom is -0.494 e. The van der Waals surface area contributed by atoms with E-state index in [1.54, 1.807) is 29.4 Å². The molecule has 0 aliphatic carbocycles. The summed E-state index contributed by atoms with van der Waals surface area (Å²) in [4.78, 5) is 15.1. The smallest absolute Gasteiger partial charge is 0.276 e. The zero-order chi connectivity index (χ0) is 16.9. The summed E-state index contributed by atoms with van der Waals surface area (Å²) < 4.78 is 10.7. The lowest BCUT2D eigenvalue weighted by atomic mass is 10.2. The monoisotopic (exact) mass is 342 g/mol. The number of aromatic nitrogens is 1. The lowest BCUT2D eigenvalue weighted by Gasteiger charge is -2.15. The van der Waals surface area contributed by atoms with Crippen LogP contribution in [-0.2, 0) is 6.54 Å². The normalized spacial score (nSPS) is 10.6. The molecule has 0 saturated heterocycles. The molecule has 124 valence electrons. The molecular weight excluding hydrogens is 324 g/mol. The molecule has 0 fully saturated rings. The van der Waals surface area contributed by atoms with E-state index in [1.807, 2.05) is 48.7 Å². The van der Waals surface area contributed by atoms with E-state index in [0.29, 0.717) is 24.6 Å². The lowest BCUT2D eigenvalue weighted by Crippen LogP contribution is -2.26. The van der Waals surface area contributed by atoms with Crippen molar-refractivity contribution >= 4 is 17.2 Å². The maximum atomic E-state index is 12.5. The largest absolute Gasteiger partial charge is 0.494 e. The van der Waals surface area contributed by atoms with Crippen molar-refractivity contribution in [1.82, 2.24) is 10.1 Å². The number of benzene rings is 1. The average Bonchev–Trinajstić information content (AvgIpc) is 3.27. The van der Waals surface area contributed by atoms with Crippen LogP contribution in [-0.4, -0.2) is 29.6 Å². The van der Waals surface area contributed by atoms with Crippen LogP contribution in [0.3, 0.4) is 0 Å². The van der Waals surface area contributed by atoms with Crippen molar-refractivity contribution in [3.63, 3.8) is 0 Å². The highest BCUT2D eigenvalue weighted by molar-refractivity contribution is 7.13. The highest BCUT2D eigenvalue weighted by atomic mass is 32.1. The van der Waals surface area contributed by atoms with E-state index >= 15 is 0 Å². The molecule has 0 unspecified atom stereocenters. The van der Waals surface area contributed by atoms with E-state index in [1.165, 1.54) is 0 Å². The summed E-state index contributed by atoms with van der Waals surface area (Å²) in [5, 5.41) is 5.85. The SMILES string of the molecule is CCOc1ccc(CN(C)C(=O)c2cc(-c3cccs3)on2)cc1. The Balaban J connectivity index is 1.66. The van der Waals surface area contributed by atoms with Crippen molar-refractivity contribution in [2.45, 2.75) is 13.5 Å². The van der Waals surface area contributed by atoms with Gasteiger partial charge in [0.15, 0.2) is 11.5 Å². The number of nitrogens with zero attached hydrogens (tertiary/aromatic N) is 2. The molecule has 0 radical (unpaired) electrons. The second-order valence-electron chi connectivity index (χ2n) is 5.29. The molecule has 0 aliphatic rings. The summed E-state index contributed by atoms with van der Waals surface area (Å²) in [6.45, 7) is 3.08. The molecule has 0 N–H and O–H groups in total. The Bertz CT molecular complexity index is 794. The Morgan fingerprint density at radius 3 is 2.75 bits per heavy atom. The van der Waals surface area contributed by atoms with Crippen molar-refractivity contribution in [2.24, 2.45) is 0 Å². The number of carbonyl (C=O) groups is 1. The fourth-order valence-electron chi connectivity index (χ4n) is 2.31. The van der Waals surface area contributed by atoms with Crippen LogP contribution in [0.4, 0.5) is 0 Å². The van der Waals surface area contributed by atoms with Gasteiger partial charge < -0.3 is 14.2 Å². The van der Waals surface area contributed by atoms with E-state index in [2.05, 4.69) is 5.16 Å². The standard InChI is InChI=1S/C18H18N2O3S/c1-3-22-14-8-6-13(7-9-14)12-20(2)18(21)15-11-16(23-19-15)17-5-4-10-24-17/h4-11H,3,12H2,1-2H3. The number of amides is 1. The van der Waals surface area contributed by atoms with Gasteiger partial charge in [0.2, 0.25) is 0 Å². The van der Waals surface area contributed by atoms with Gasteiger partial charge in [0, 0.05) is 19.7 Å². The van der Waals surface area contributed by atoms with Crippen LogP contribution in [0.2, 0.25) is 0 Å². The number of hydrogen-bond donors (Lipinski definition) is 0. The molecule has 1 aromatic carbocycles. The minimum absolute atomic E-state index is 0.171. The maximum Gasteiger partial charge on any atom is 0.276 e. The third-order valence-electron chi connectivity index (χ3n) is 3.49. The molecule has 0 spiro atoms. The minimum atomic E-state index is -0.171. The van der Waals surface area contributed by atoms with Gasteiger partial charge in [-0.15, -0.1) is 11.3 Å². The van der Waals surface area contributed by atoms with Gasteiger partial charge in [0.05, 0.1) is 11.5 Å². The molecule has 24 heavy (non-hydrogen) atoms. The average molecular weight is 342 g/mol. The Kier molecular flexibility index (Phi) is 4.96. The molecule has 0 atom stereocenters. The summed E-state index contributed by atoms with van der Waals surface area (Å²) in [6, 6.07) is 13.3. The van der Waals surface area contributed by atoms with Crippen molar-refractivity contribution in [2.75, 3.05) is 13.7 Å². The molecule has 5 nitrogen and oxygen atoms in total. The lowest BCUT2D eigenvalue weighted by molar-refractivity contribution is 0.0775. The summed E-state index contributed by atoms with van der Waals surface area (Å²) in [6.07, 6.45) is 0.